The molecule has 8 heteroatoms. The van der Waals surface area contributed by atoms with Gasteiger partial charge in [0.05, 0.1) is 5.56 Å². The van der Waals surface area contributed by atoms with E-state index in [1.165, 1.54) is 6.92 Å². The van der Waals surface area contributed by atoms with E-state index in [2.05, 4.69) is 9.97 Å². The predicted octanol–water partition coefficient (Wildman–Crippen LogP) is 2.78. The topological polar surface area (TPSA) is 46.1 Å². The first-order chi connectivity index (χ1) is 8.81. The molecule has 0 atom stereocenters. The van der Waals surface area contributed by atoms with Gasteiger partial charge in [-0.1, -0.05) is 11.6 Å². The van der Waals surface area contributed by atoms with Gasteiger partial charge in [0.1, 0.15) is 23.3 Å². The van der Waals surface area contributed by atoms with E-state index in [4.69, 9.17) is 11.6 Å². The maximum atomic E-state index is 12.6. The van der Waals surface area contributed by atoms with Crippen LogP contribution < -0.4 is 4.90 Å². The zero-order chi connectivity index (χ0) is 14.2. The number of hydrogen-bond acceptors (Lipinski definition) is 4. The lowest BCUT2D eigenvalue weighted by molar-refractivity contribution is -0.120. The molecule has 0 amide bonds. The fraction of sp³-hybridized carbons (Fsp3) is 0.545. The van der Waals surface area contributed by atoms with Gasteiger partial charge in [0.15, 0.2) is 6.29 Å². The molecule has 0 saturated heterocycles. The molecule has 1 fully saturated rings. The second-order valence-corrected chi connectivity index (χ2v) is 4.75. The standard InChI is InChI=1S/C11H11ClF3N3O/c1-6-16-9(12)8(4-19)10(17-6)18(7-2-3-7)5-11(13,14)15/h4,7H,2-3,5H2,1H3. The van der Waals surface area contributed by atoms with E-state index in [1.54, 1.807) is 0 Å². The number of nitrogens with zero attached hydrogens (tertiary/aromatic N) is 3. The Kier molecular flexibility index (Phi) is 3.66. The van der Waals surface area contributed by atoms with Crippen LogP contribution in [0, 0.1) is 6.92 Å². The molecule has 1 heterocycles. The minimum atomic E-state index is -4.37. The van der Waals surface area contributed by atoms with Gasteiger partial charge in [0.2, 0.25) is 0 Å². The van der Waals surface area contributed by atoms with Gasteiger partial charge in [0.25, 0.3) is 0 Å². The van der Waals surface area contributed by atoms with Gasteiger partial charge in [-0.05, 0) is 19.8 Å². The van der Waals surface area contributed by atoms with Crippen LogP contribution >= 0.6 is 11.6 Å². The second-order valence-electron chi connectivity index (χ2n) is 4.39. The highest BCUT2D eigenvalue weighted by Crippen LogP contribution is 2.35. The summed E-state index contributed by atoms with van der Waals surface area (Å²) in [4.78, 5) is 19.8. The lowest BCUT2D eigenvalue weighted by Crippen LogP contribution is -2.37. The van der Waals surface area contributed by atoms with Crippen molar-refractivity contribution >= 4 is 23.7 Å². The highest BCUT2D eigenvalue weighted by Gasteiger charge is 2.40. The van der Waals surface area contributed by atoms with Crippen LogP contribution in [-0.2, 0) is 0 Å². The van der Waals surface area contributed by atoms with Gasteiger partial charge in [-0.25, -0.2) is 9.97 Å². The van der Waals surface area contributed by atoms with Crippen molar-refractivity contribution in [1.82, 2.24) is 9.97 Å². The summed E-state index contributed by atoms with van der Waals surface area (Å²) < 4.78 is 37.8. The van der Waals surface area contributed by atoms with Gasteiger partial charge in [0, 0.05) is 6.04 Å². The number of aryl methyl sites for hydroxylation is 1. The van der Waals surface area contributed by atoms with E-state index in [0.717, 1.165) is 4.90 Å². The third-order valence-electron chi connectivity index (χ3n) is 2.72. The lowest BCUT2D eigenvalue weighted by Gasteiger charge is -2.26. The molecular formula is C11H11ClF3N3O. The highest BCUT2D eigenvalue weighted by atomic mass is 35.5. The van der Waals surface area contributed by atoms with Crippen LogP contribution in [0.5, 0.6) is 0 Å². The van der Waals surface area contributed by atoms with Crippen molar-refractivity contribution in [3.63, 3.8) is 0 Å². The van der Waals surface area contributed by atoms with E-state index in [0.29, 0.717) is 19.1 Å². The van der Waals surface area contributed by atoms with Gasteiger partial charge in [-0.15, -0.1) is 0 Å². The molecule has 2 rings (SSSR count). The van der Waals surface area contributed by atoms with Crippen molar-refractivity contribution in [2.75, 3.05) is 11.4 Å². The molecule has 0 bridgehead atoms. The van der Waals surface area contributed by atoms with Crippen LogP contribution in [-0.4, -0.2) is 35.0 Å². The Balaban J connectivity index is 2.44. The molecule has 0 unspecified atom stereocenters. The third-order valence-corrected chi connectivity index (χ3v) is 3.01. The molecule has 19 heavy (non-hydrogen) atoms. The third kappa shape index (κ3) is 3.34. The molecular weight excluding hydrogens is 283 g/mol. The first-order valence-corrected chi connectivity index (χ1v) is 6.02. The van der Waals surface area contributed by atoms with Crippen molar-refractivity contribution in [1.29, 1.82) is 0 Å². The van der Waals surface area contributed by atoms with Crippen molar-refractivity contribution in [2.24, 2.45) is 0 Å². The lowest BCUT2D eigenvalue weighted by atomic mass is 10.3. The molecule has 0 radical (unpaired) electrons. The van der Waals surface area contributed by atoms with Crippen LogP contribution in [0.25, 0.3) is 0 Å². The SMILES string of the molecule is Cc1nc(Cl)c(C=O)c(N(CC(F)(F)F)C2CC2)n1. The molecule has 0 spiro atoms. The van der Waals surface area contributed by atoms with E-state index < -0.39 is 12.7 Å². The Morgan fingerprint density at radius 3 is 2.53 bits per heavy atom. The average molecular weight is 294 g/mol. The molecule has 0 N–H and O–H groups in total. The number of anilines is 1. The van der Waals surface area contributed by atoms with Gasteiger partial charge >= 0.3 is 6.18 Å². The monoisotopic (exact) mass is 293 g/mol. The predicted molar refractivity (Wildman–Crippen MR) is 63.6 cm³/mol. The van der Waals surface area contributed by atoms with E-state index in [-0.39, 0.29) is 28.4 Å². The Hall–Kier alpha value is -1.37. The molecule has 1 aliphatic rings. The zero-order valence-electron chi connectivity index (χ0n) is 10.0. The number of carbonyl (C=O) groups is 1. The highest BCUT2D eigenvalue weighted by molar-refractivity contribution is 6.32. The van der Waals surface area contributed by atoms with E-state index >= 15 is 0 Å². The van der Waals surface area contributed by atoms with Crippen molar-refractivity contribution in [2.45, 2.75) is 32.0 Å². The smallest absolute Gasteiger partial charge is 0.344 e. The summed E-state index contributed by atoms with van der Waals surface area (Å²) in [5.41, 5.74) is -0.0941. The summed E-state index contributed by atoms with van der Waals surface area (Å²) in [6.07, 6.45) is -2.68. The van der Waals surface area contributed by atoms with Crippen LogP contribution in [0.1, 0.15) is 29.0 Å². The zero-order valence-corrected chi connectivity index (χ0v) is 10.8. The molecule has 1 aromatic heterocycles. The molecule has 0 aromatic carbocycles. The summed E-state index contributed by atoms with van der Waals surface area (Å²) in [5.74, 6) is 0.200. The number of halogens is 4. The van der Waals surface area contributed by atoms with Crippen molar-refractivity contribution in [3.05, 3.63) is 16.5 Å². The minimum absolute atomic E-state index is 0.0349. The molecule has 4 nitrogen and oxygen atoms in total. The van der Waals surface area contributed by atoms with Crippen LogP contribution in [0.4, 0.5) is 19.0 Å². The molecule has 1 aromatic rings. The normalized spacial score (nSPS) is 15.4. The van der Waals surface area contributed by atoms with E-state index in [9.17, 15) is 18.0 Å². The maximum absolute atomic E-state index is 12.6. The van der Waals surface area contributed by atoms with Gasteiger partial charge in [-0.3, -0.25) is 4.79 Å². The summed E-state index contributed by atoms with van der Waals surface area (Å²) in [6, 6.07) is -0.245. The van der Waals surface area contributed by atoms with Gasteiger partial charge in [-0.2, -0.15) is 13.2 Å². The second kappa shape index (κ2) is 4.96. The Morgan fingerprint density at radius 2 is 2.05 bits per heavy atom. The van der Waals surface area contributed by atoms with Crippen LogP contribution in [0.3, 0.4) is 0 Å². The molecule has 1 aliphatic carbocycles. The summed E-state index contributed by atoms with van der Waals surface area (Å²) in [7, 11) is 0. The maximum Gasteiger partial charge on any atom is 0.405 e. The van der Waals surface area contributed by atoms with Crippen LogP contribution in [0.15, 0.2) is 0 Å². The first-order valence-electron chi connectivity index (χ1n) is 5.64. The largest absolute Gasteiger partial charge is 0.405 e. The number of aldehydes is 1. The average Bonchev–Trinajstić information content (AvgIpc) is 3.07. The van der Waals surface area contributed by atoms with Crippen LogP contribution in [0.2, 0.25) is 5.15 Å². The fourth-order valence-corrected chi connectivity index (χ4v) is 2.06. The molecule has 1 saturated carbocycles. The van der Waals surface area contributed by atoms with Crippen molar-refractivity contribution in [3.8, 4) is 0 Å². The molecule has 0 aliphatic heterocycles. The fourth-order valence-electron chi connectivity index (χ4n) is 1.81. The van der Waals surface area contributed by atoms with E-state index in [1.807, 2.05) is 0 Å². The Morgan fingerprint density at radius 1 is 1.42 bits per heavy atom. The Bertz CT molecular complexity index is 503. The number of rotatable bonds is 4. The number of hydrogen-bond donors (Lipinski definition) is 0. The van der Waals surface area contributed by atoms with Gasteiger partial charge < -0.3 is 4.90 Å². The Labute approximate surface area is 112 Å². The number of alkyl halides is 3. The summed E-state index contributed by atoms with van der Waals surface area (Å²) in [5, 5.41) is -0.120. The molecule has 104 valence electrons. The summed E-state index contributed by atoms with van der Waals surface area (Å²) >= 11 is 5.78. The first kappa shape index (κ1) is 14.0. The number of aromatic nitrogens is 2. The minimum Gasteiger partial charge on any atom is -0.344 e. The summed E-state index contributed by atoms with van der Waals surface area (Å²) in [6.45, 7) is 0.369. The quantitative estimate of drug-likeness (QED) is 0.632. The number of carbonyl (C=O) groups excluding carboxylic acids is 1. The van der Waals surface area contributed by atoms with Crippen molar-refractivity contribution < 1.29 is 18.0 Å².